The fourth-order valence-electron chi connectivity index (χ4n) is 2.86. The van der Waals surface area contributed by atoms with E-state index in [1.165, 1.54) is 0 Å². The van der Waals surface area contributed by atoms with Crippen LogP contribution in [-0.4, -0.2) is 34.2 Å². The second-order valence-electron chi connectivity index (χ2n) is 6.50. The smallest absolute Gasteiger partial charge is 0.241 e. The van der Waals surface area contributed by atoms with E-state index in [1.54, 1.807) is 32.2 Å². The minimum atomic E-state index is -3.67. The summed E-state index contributed by atoms with van der Waals surface area (Å²) in [6.07, 6.45) is 1.73. The number of hydrogen-bond donors (Lipinski definition) is 1. The number of carbonyl (C=O) groups is 1. The maximum absolute atomic E-state index is 12.7. The van der Waals surface area contributed by atoms with Crippen LogP contribution >= 0.6 is 11.6 Å². The van der Waals surface area contributed by atoms with Crippen molar-refractivity contribution < 1.29 is 17.9 Å². The Morgan fingerprint density at radius 2 is 1.86 bits per heavy atom. The molecule has 2 rings (SSSR count). The number of ether oxygens (including phenoxy) is 1. The minimum absolute atomic E-state index is 0.236. The van der Waals surface area contributed by atoms with Crippen molar-refractivity contribution in [3.05, 3.63) is 58.6 Å². The first kappa shape index (κ1) is 22.0. The van der Waals surface area contributed by atoms with E-state index in [0.29, 0.717) is 22.7 Å². The predicted octanol–water partition coefficient (Wildman–Crippen LogP) is 3.69. The Hall–Kier alpha value is -2.25. The van der Waals surface area contributed by atoms with Gasteiger partial charge in [-0.05, 0) is 48.7 Å². The summed E-state index contributed by atoms with van der Waals surface area (Å²) in [5.74, 6) is 0.331. The van der Waals surface area contributed by atoms with Crippen LogP contribution in [0.2, 0.25) is 5.02 Å². The summed E-state index contributed by atoms with van der Waals surface area (Å²) in [6.45, 7) is 3.39. The lowest BCUT2D eigenvalue weighted by atomic mass is 10.0. The summed E-state index contributed by atoms with van der Waals surface area (Å²) >= 11 is 6.03. The van der Waals surface area contributed by atoms with Gasteiger partial charge in [0.2, 0.25) is 15.9 Å². The summed E-state index contributed by atoms with van der Waals surface area (Å²) in [5.41, 5.74) is 2.02. The number of hydrogen-bond acceptors (Lipinski definition) is 4. The van der Waals surface area contributed by atoms with E-state index < -0.39 is 15.9 Å². The molecular weight excluding hydrogens is 400 g/mol. The van der Waals surface area contributed by atoms with E-state index in [0.717, 1.165) is 21.9 Å². The first-order valence-electron chi connectivity index (χ1n) is 8.83. The van der Waals surface area contributed by atoms with Crippen LogP contribution in [0.15, 0.2) is 42.5 Å². The van der Waals surface area contributed by atoms with Crippen LogP contribution in [0.4, 0.5) is 5.69 Å². The first-order chi connectivity index (χ1) is 13.2. The highest BCUT2D eigenvalue weighted by molar-refractivity contribution is 7.92. The molecule has 0 heterocycles. The summed E-state index contributed by atoms with van der Waals surface area (Å²) in [7, 11) is -2.08. The third-order valence-electron chi connectivity index (χ3n) is 4.39. The van der Waals surface area contributed by atoms with Crippen molar-refractivity contribution >= 4 is 33.2 Å². The van der Waals surface area contributed by atoms with Crippen molar-refractivity contribution in [2.75, 3.05) is 24.2 Å². The van der Waals surface area contributed by atoms with Crippen LogP contribution in [0.1, 0.15) is 30.5 Å². The fraction of sp³-hybridized carbons (Fsp3) is 0.350. The number of benzene rings is 2. The number of anilines is 1. The molecule has 0 fully saturated rings. The molecule has 0 aromatic heterocycles. The zero-order chi connectivity index (χ0) is 20.9. The van der Waals surface area contributed by atoms with Crippen molar-refractivity contribution in [3.63, 3.8) is 0 Å². The SMILES string of the molecule is CCC(NC(=O)CN(c1cc(Cl)ccc1C)S(C)(=O)=O)c1ccc(OC)cc1. The molecule has 2 aromatic rings. The minimum Gasteiger partial charge on any atom is -0.497 e. The van der Waals surface area contributed by atoms with Crippen molar-refractivity contribution in [2.24, 2.45) is 0 Å². The van der Waals surface area contributed by atoms with Crippen molar-refractivity contribution in [3.8, 4) is 5.75 Å². The van der Waals surface area contributed by atoms with Gasteiger partial charge in [-0.1, -0.05) is 36.7 Å². The van der Waals surface area contributed by atoms with Gasteiger partial charge in [-0.2, -0.15) is 0 Å². The first-order valence-corrected chi connectivity index (χ1v) is 11.1. The number of nitrogens with zero attached hydrogens (tertiary/aromatic N) is 1. The molecule has 1 unspecified atom stereocenters. The number of rotatable bonds is 8. The van der Waals surface area contributed by atoms with Gasteiger partial charge in [0.15, 0.2) is 0 Å². The number of methoxy groups -OCH3 is 1. The second kappa shape index (κ2) is 9.30. The van der Waals surface area contributed by atoms with Gasteiger partial charge >= 0.3 is 0 Å². The Morgan fingerprint density at radius 1 is 1.21 bits per heavy atom. The van der Waals surface area contributed by atoms with Gasteiger partial charge in [0.25, 0.3) is 0 Å². The highest BCUT2D eigenvalue weighted by Gasteiger charge is 2.24. The number of sulfonamides is 1. The predicted molar refractivity (Wildman–Crippen MR) is 113 cm³/mol. The van der Waals surface area contributed by atoms with E-state index in [4.69, 9.17) is 16.3 Å². The average Bonchev–Trinajstić information content (AvgIpc) is 2.65. The van der Waals surface area contributed by atoms with Gasteiger partial charge in [0, 0.05) is 5.02 Å². The zero-order valence-corrected chi connectivity index (χ0v) is 18.0. The maximum Gasteiger partial charge on any atom is 0.241 e. The standard InChI is InChI=1S/C20H25ClN2O4S/c1-5-18(15-7-10-17(27-3)11-8-15)22-20(24)13-23(28(4,25)26)19-12-16(21)9-6-14(19)2/h6-12,18H,5,13H2,1-4H3,(H,22,24). The second-order valence-corrected chi connectivity index (χ2v) is 8.85. The molecule has 0 aliphatic carbocycles. The molecule has 0 spiro atoms. The van der Waals surface area contributed by atoms with Gasteiger partial charge in [0.05, 0.1) is 25.1 Å². The van der Waals surface area contributed by atoms with E-state index in [1.807, 2.05) is 31.2 Å². The van der Waals surface area contributed by atoms with Gasteiger partial charge in [0.1, 0.15) is 12.3 Å². The monoisotopic (exact) mass is 424 g/mol. The van der Waals surface area contributed by atoms with Crippen LogP contribution in [0.5, 0.6) is 5.75 Å². The largest absolute Gasteiger partial charge is 0.497 e. The topological polar surface area (TPSA) is 75.7 Å². The van der Waals surface area contributed by atoms with Crippen LogP contribution in [0.3, 0.4) is 0 Å². The Labute approximate surface area is 171 Å². The molecule has 1 N–H and O–H groups in total. The Balaban J connectivity index is 2.22. The number of carbonyl (C=O) groups excluding carboxylic acids is 1. The summed E-state index contributed by atoms with van der Waals surface area (Å²) in [4.78, 5) is 12.7. The molecule has 2 aromatic carbocycles. The Bertz CT molecular complexity index is 930. The molecule has 0 saturated carbocycles. The van der Waals surface area contributed by atoms with Crippen molar-refractivity contribution in [1.82, 2.24) is 5.32 Å². The molecule has 28 heavy (non-hydrogen) atoms. The Morgan fingerprint density at radius 3 is 2.39 bits per heavy atom. The van der Waals surface area contributed by atoms with Gasteiger partial charge in [-0.15, -0.1) is 0 Å². The molecule has 8 heteroatoms. The van der Waals surface area contributed by atoms with E-state index in [2.05, 4.69) is 5.32 Å². The molecule has 0 bridgehead atoms. The Kier molecular flexibility index (Phi) is 7.32. The highest BCUT2D eigenvalue weighted by Crippen LogP contribution is 2.26. The van der Waals surface area contributed by atoms with E-state index in [-0.39, 0.29) is 12.6 Å². The van der Waals surface area contributed by atoms with Gasteiger partial charge in [-0.3, -0.25) is 9.10 Å². The summed E-state index contributed by atoms with van der Waals surface area (Å²) in [6, 6.07) is 12.1. The maximum atomic E-state index is 12.7. The number of nitrogens with one attached hydrogen (secondary N) is 1. The van der Waals surface area contributed by atoms with Crippen LogP contribution in [0, 0.1) is 6.92 Å². The quantitative estimate of drug-likeness (QED) is 0.701. The van der Waals surface area contributed by atoms with Crippen molar-refractivity contribution in [1.29, 1.82) is 0 Å². The normalized spacial score (nSPS) is 12.3. The molecule has 152 valence electrons. The molecule has 6 nitrogen and oxygen atoms in total. The summed E-state index contributed by atoms with van der Waals surface area (Å²) < 4.78 is 30.9. The van der Waals surface area contributed by atoms with E-state index >= 15 is 0 Å². The highest BCUT2D eigenvalue weighted by atomic mass is 35.5. The van der Waals surface area contributed by atoms with Crippen LogP contribution in [0.25, 0.3) is 0 Å². The molecule has 0 aliphatic rings. The zero-order valence-electron chi connectivity index (χ0n) is 16.4. The molecular formula is C20H25ClN2O4S. The van der Waals surface area contributed by atoms with Gasteiger partial charge < -0.3 is 10.1 Å². The molecule has 0 radical (unpaired) electrons. The van der Waals surface area contributed by atoms with Crippen LogP contribution in [-0.2, 0) is 14.8 Å². The lowest BCUT2D eigenvalue weighted by molar-refractivity contribution is -0.120. The third kappa shape index (κ3) is 5.62. The number of halogens is 1. The molecule has 0 saturated heterocycles. The fourth-order valence-corrected chi connectivity index (χ4v) is 3.93. The molecule has 1 amide bonds. The summed E-state index contributed by atoms with van der Waals surface area (Å²) in [5, 5.41) is 3.31. The number of amides is 1. The lowest BCUT2D eigenvalue weighted by Gasteiger charge is -2.25. The molecule has 0 aliphatic heterocycles. The van der Waals surface area contributed by atoms with Crippen LogP contribution < -0.4 is 14.4 Å². The van der Waals surface area contributed by atoms with Gasteiger partial charge in [-0.25, -0.2) is 8.42 Å². The van der Waals surface area contributed by atoms with E-state index in [9.17, 15) is 13.2 Å². The third-order valence-corrected chi connectivity index (χ3v) is 5.75. The number of aryl methyl sites for hydroxylation is 1. The lowest BCUT2D eigenvalue weighted by Crippen LogP contribution is -2.41. The molecule has 1 atom stereocenters. The van der Waals surface area contributed by atoms with Crippen molar-refractivity contribution in [2.45, 2.75) is 26.3 Å². The average molecular weight is 425 g/mol.